The van der Waals surface area contributed by atoms with E-state index in [4.69, 9.17) is 9.47 Å². The number of thioether (sulfide) groups is 1. The predicted octanol–water partition coefficient (Wildman–Crippen LogP) is 2.53. The molecule has 0 spiro atoms. The normalized spacial score (nSPS) is 10.6. The molecule has 1 amide bonds. The number of aryl methyl sites for hydroxylation is 1. The highest BCUT2D eigenvalue weighted by Gasteiger charge is 2.13. The minimum atomic E-state index is -0.414. The van der Waals surface area contributed by atoms with Crippen molar-refractivity contribution in [3.05, 3.63) is 35.7 Å². The maximum absolute atomic E-state index is 12.2. The zero-order valence-electron chi connectivity index (χ0n) is 15.7. The van der Waals surface area contributed by atoms with E-state index in [1.54, 1.807) is 38.3 Å². The monoisotopic (exact) mass is 392 g/mol. The van der Waals surface area contributed by atoms with E-state index in [1.807, 2.05) is 11.5 Å². The van der Waals surface area contributed by atoms with Gasteiger partial charge in [0.25, 0.3) is 0 Å². The van der Waals surface area contributed by atoms with Gasteiger partial charge in [0, 0.05) is 25.9 Å². The molecule has 1 heterocycles. The predicted molar refractivity (Wildman–Crippen MR) is 103 cm³/mol. The molecule has 9 heteroatoms. The molecule has 0 aliphatic heterocycles. The summed E-state index contributed by atoms with van der Waals surface area (Å²) in [6.07, 6.45) is 0.843. The van der Waals surface area contributed by atoms with E-state index in [1.165, 1.54) is 11.8 Å². The van der Waals surface area contributed by atoms with Crippen LogP contribution >= 0.6 is 11.8 Å². The number of amides is 1. The molecular formula is C18H24N4O4S. The molecule has 1 N–H and O–H groups in total. The summed E-state index contributed by atoms with van der Waals surface area (Å²) in [5.74, 6) is 0.385. The van der Waals surface area contributed by atoms with Crippen LogP contribution in [0.25, 0.3) is 0 Å². The molecule has 146 valence electrons. The van der Waals surface area contributed by atoms with Crippen molar-refractivity contribution >= 4 is 29.3 Å². The number of carbonyl (C=O) groups is 2. The Morgan fingerprint density at radius 2 is 2.11 bits per heavy atom. The van der Waals surface area contributed by atoms with Gasteiger partial charge in [0.2, 0.25) is 5.91 Å². The second kappa shape index (κ2) is 10.7. The molecule has 0 aliphatic carbocycles. The number of hydrogen-bond donors (Lipinski definition) is 1. The molecule has 0 bridgehead atoms. The van der Waals surface area contributed by atoms with E-state index in [2.05, 4.69) is 15.5 Å². The van der Waals surface area contributed by atoms with Crippen LogP contribution < -0.4 is 5.32 Å². The van der Waals surface area contributed by atoms with Gasteiger partial charge in [-0.05, 0) is 38.5 Å². The maximum atomic E-state index is 12.2. The fourth-order valence-corrected chi connectivity index (χ4v) is 3.17. The molecule has 2 rings (SSSR count). The van der Waals surface area contributed by atoms with Crippen LogP contribution in [0.2, 0.25) is 0 Å². The van der Waals surface area contributed by atoms with Crippen LogP contribution in [0.5, 0.6) is 0 Å². The van der Waals surface area contributed by atoms with Gasteiger partial charge in [-0.25, -0.2) is 4.79 Å². The summed E-state index contributed by atoms with van der Waals surface area (Å²) in [5, 5.41) is 11.7. The Morgan fingerprint density at radius 3 is 2.85 bits per heavy atom. The van der Waals surface area contributed by atoms with Crippen LogP contribution in [0, 0.1) is 6.92 Å². The van der Waals surface area contributed by atoms with Crippen molar-refractivity contribution in [2.24, 2.45) is 0 Å². The van der Waals surface area contributed by atoms with Crippen LogP contribution in [-0.2, 0) is 20.8 Å². The quantitative estimate of drug-likeness (QED) is 0.377. The molecule has 1 aromatic heterocycles. The lowest BCUT2D eigenvalue weighted by Crippen LogP contribution is -2.15. The van der Waals surface area contributed by atoms with Gasteiger partial charge >= 0.3 is 5.97 Å². The van der Waals surface area contributed by atoms with Crippen LogP contribution in [0.1, 0.15) is 29.5 Å². The van der Waals surface area contributed by atoms with Crippen LogP contribution in [-0.4, -0.2) is 52.7 Å². The Morgan fingerprint density at radius 1 is 1.30 bits per heavy atom. The molecule has 1 aromatic carbocycles. The van der Waals surface area contributed by atoms with Crippen molar-refractivity contribution < 1.29 is 19.1 Å². The third-order valence-electron chi connectivity index (χ3n) is 3.62. The Kier molecular flexibility index (Phi) is 8.28. The van der Waals surface area contributed by atoms with Gasteiger partial charge in [-0.15, -0.1) is 10.2 Å². The summed E-state index contributed by atoms with van der Waals surface area (Å²) in [4.78, 5) is 24.0. The Bertz CT molecular complexity index is 778. The van der Waals surface area contributed by atoms with Gasteiger partial charge in [-0.3, -0.25) is 4.79 Å². The highest BCUT2D eigenvalue weighted by Crippen LogP contribution is 2.18. The lowest BCUT2D eigenvalue weighted by atomic mass is 10.2. The highest BCUT2D eigenvalue weighted by molar-refractivity contribution is 7.99. The first kappa shape index (κ1) is 20.9. The number of nitrogens with zero attached hydrogens (tertiary/aromatic N) is 3. The Hall–Kier alpha value is -2.39. The second-order valence-corrected chi connectivity index (χ2v) is 6.61. The molecule has 27 heavy (non-hydrogen) atoms. The smallest absolute Gasteiger partial charge is 0.338 e. The fourth-order valence-electron chi connectivity index (χ4n) is 2.36. The molecular weight excluding hydrogens is 368 g/mol. The number of rotatable bonds is 10. The number of ether oxygens (including phenoxy) is 2. The van der Waals surface area contributed by atoms with E-state index in [0.717, 1.165) is 18.8 Å². The van der Waals surface area contributed by atoms with Crippen molar-refractivity contribution in [1.82, 2.24) is 14.8 Å². The molecule has 8 nitrogen and oxygen atoms in total. The zero-order chi connectivity index (χ0) is 19.6. The van der Waals surface area contributed by atoms with Gasteiger partial charge in [0.1, 0.15) is 5.82 Å². The number of nitrogens with one attached hydrogen (secondary N) is 1. The van der Waals surface area contributed by atoms with E-state index in [0.29, 0.717) is 29.6 Å². The lowest BCUT2D eigenvalue weighted by Gasteiger charge is -2.09. The minimum absolute atomic E-state index is 0.187. The first-order valence-corrected chi connectivity index (χ1v) is 9.62. The average Bonchev–Trinajstić information content (AvgIpc) is 3.00. The summed E-state index contributed by atoms with van der Waals surface area (Å²) in [6.45, 7) is 5.31. The number of carbonyl (C=O) groups excluding carboxylic acids is 2. The van der Waals surface area contributed by atoms with Crippen molar-refractivity contribution in [1.29, 1.82) is 0 Å². The summed E-state index contributed by atoms with van der Waals surface area (Å²) >= 11 is 1.32. The van der Waals surface area contributed by atoms with Crippen LogP contribution in [0.4, 0.5) is 5.69 Å². The number of benzene rings is 1. The van der Waals surface area contributed by atoms with Crippen molar-refractivity contribution in [2.45, 2.75) is 32.0 Å². The standard InChI is InChI=1S/C18H24N4O4S/c1-4-26-17(24)14-7-5-8-15(11-14)19-16(23)12-27-18-21-20-13(2)22(18)9-6-10-25-3/h5,7-8,11H,4,6,9-10,12H2,1-3H3,(H,19,23). The van der Waals surface area contributed by atoms with E-state index < -0.39 is 5.97 Å². The SMILES string of the molecule is CCOC(=O)c1cccc(NC(=O)CSc2nnc(C)n2CCCOC)c1. The second-order valence-electron chi connectivity index (χ2n) is 5.67. The number of aromatic nitrogens is 3. The summed E-state index contributed by atoms with van der Waals surface area (Å²) in [6, 6.07) is 6.67. The topological polar surface area (TPSA) is 95.3 Å². The molecule has 0 aliphatic rings. The van der Waals surface area contributed by atoms with Gasteiger partial charge in [-0.2, -0.15) is 0 Å². The third kappa shape index (κ3) is 6.37. The number of hydrogen-bond acceptors (Lipinski definition) is 7. The molecule has 0 saturated heterocycles. The van der Waals surface area contributed by atoms with Gasteiger partial charge < -0.3 is 19.4 Å². The fraction of sp³-hybridized carbons (Fsp3) is 0.444. The molecule has 0 fully saturated rings. The van der Waals surface area contributed by atoms with Crippen molar-refractivity contribution in [2.75, 3.05) is 31.4 Å². The van der Waals surface area contributed by atoms with Crippen LogP contribution in [0.15, 0.2) is 29.4 Å². The molecule has 0 radical (unpaired) electrons. The molecule has 0 atom stereocenters. The zero-order valence-corrected chi connectivity index (χ0v) is 16.5. The number of anilines is 1. The molecule has 2 aromatic rings. The number of esters is 1. The van der Waals surface area contributed by atoms with E-state index >= 15 is 0 Å². The summed E-state index contributed by atoms with van der Waals surface area (Å²) in [7, 11) is 1.66. The first-order chi connectivity index (χ1) is 13.0. The largest absolute Gasteiger partial charge is 0.462 e. The van der Waals surface area contributed by atoms with Gasteiger partial charge in [-0.1, -0.05) is 17.8 Å². The highest BCUT2D eigenvalue weighted by atomic mass is 32.2. The Labute approximate surface area is 162 Å². The molecule has 0 saturated carbocycles. The van der Waals surface area contributed by atoms with Crippen molar-refractivity contribution in [3.8, 4) is 0 Å². The minimum Gasteiger partial charge on any atom is -0.462 e. The first-order valence-electron chi connectivity index (χ1n) is 8.63. The summed E-state index contributed by atoms with van der Waals surface area (Å²) in [5.41, 5.74) is 0.944. The lowest BCUT2D eigenvalue weighted by molar-refractivity contribution is -0.113. The maximum Gasteiger partial charge on any atom is 0.338 e. The van der Waals surface area contributed by atoms with Gasteiger partial charge in [0.15, 0.2) is 5.16 Å². The number of methoxy groups -OCH3 is 1. The van der Waals surface area contributed by atoms with E-state index in [-0.39, 0.29) is 11.7 Å². The van der Waals surface area contributed by atoms with Crippen molar-refractivity contribution in [3.63, 3.8) is 0 Å². The van der Waals surface area contributed by atoms with E-state index in [9.17, 15) is 9.59 Å². The third-order valence-corrected chi connectivity index (χ3v) is 4.59. The molecule has 0 unspecified atom stereocenters. The summed E-state index contributed by atoms with van der Waals surface area (Å²) < 4.78 is 12.0. The Balaban J connectivity index is 1.92. The van der Waals surface area contributed by atoms with Crippen LogP contribution in [0.3, 0.4) is 0 Å². The van der Waals surface area contributed by atoms with Gasteiger partial charge in [0.05, 0.1) is 17.9 Å². The average molecular weight is 392 g/mol.